The smallest absolute Gasteiger partial charge is 0.138 e. The number of hydrogen-bond acceptors (Lipinski definition) is 4. The Morgan fingerprint density at radius 2 is 2.12 bits per heavy atom. The summed E-state index contributed by atoms with van der Waals surface area (Å²) >= 11 is 0. The van der Waals surface area contributed by atoms with E-state index in [4.69, 9.17) is 0 Å². The average Bonchev–Trinajstić information content (AvgIpc) is 2.50. The molecule has 1 heterocycles. The van der Waals surface area contributed by atoms with Gasteiger partial charge in [0.1, 0.15) is 12.2 Å². The van der Waals surface area contributed by atoms with E-state index >= 15 is 0 Å². The number of aliphatic hydroxyl groups is 1. The zero-order valence-corrected chi connectivity index (χ0v) is 10.6. The molecule has 0 bridgehead atoms. The molecule has 0 amide bonds. The van der Waals surface area contributed by atoms with Crippen molar-refractivity contribution in [1.82, 2.24) is 19.7 Å². The number of likely N-dealkylation sites (N-methyl/N-ethyl adjacent to an activating group) is 1. The van der Waals surface area contributed by atoms with Crippen molar-refractivity contribution >= 4 is 0 Å². The first-order valence-electron chi connectivity index (χ1n) is 5.68. The highest BCUT2D eigenvalue weighted by atomic mass is 16.3. The average molecular weight is 226 g/mol. The monoisotopic (exact) mass is 226 g/mol. The van der Waals surface area contributed by atoms with E-state index in [-0.39, 0.29) is 6.10 Å². The molecule has 1 aromatic heterocycles. The lowest BCUT2D eigenvalue weighted by molar-refractivity contribution is 0.133. The maximum atomic E-state index is 9.83. The van der Waals surface area contributed by atoms with Gasteiger partial charge in [-0.2, -0.15) is 5.10 Å². The van der Waals surface area contributed by atoms with Crippen molar-refractivity contribution in [2.24, 2.45) is 5.92 Å². The van der Waals surface area contributed by atoms with Crippen LogP contribution in [-0.4, -0.2) is 51.5 Å². The van der Waals surface area contributed by atoms with E-state index in [9.17, 15) is 5.11 Å². The molecule has 0 radical (unpaired) electrons. The highest BCUT2D eigenvalue weighted by molar-refractivity contribution is 4.88. The van der Waals surface area contributed by atoms with Gasteiger partial charge in [-0.1, -0.05) is 13.8 Å². The van der Waals surface area contributed by atoms with Crippen LogP contribution in [-0.2, 0) is 13.0 Å². The summed E-state index contributed by atoms with van der Waals surface area (Å²) in [7, 11) is 3.89. The van der Waals surface area contributed by atoms with Gasteiger partial charge in [-0.25, -0.2) is 9.67 Å². The lowest BCUT2D eigenvalue weighted by Gasteiger charge is -2.16. The summed E-state index contributed by atoms with van der Waals surface area (Å²) in [6.07, 6.45) is 1.73. The van der Waals surface area contributed by atoms with Crippen LogP contribution in [0.3, 0.4) is 0 Å². The summed E-state index contributed by atoms with van der Waals surface area (Å²) < 4.78 is 1.88. The molecule has 5 heteroatoms. The zero-order valence-electron chi connectivity index (χ0n) is 10.6. The van der Waals surface area contributed by atoms with Gasteiger partial charge in [0, 0.05) is 19.5 Å². The molecule has 0 aliphatic rings. The Bertz CT molecular complexity index is 309. The highest BCUT2D eigenvalue weighted by Crippen LogP contribution is 2.04. The van der Waals surface area contributed by atoms with Gasteiger partial charge < -0.3 is 10.0 Å². The molecule has 0 aliphatic heterocycles. The third-order valence-electron chi connectivity index (χ3n) is 2.23. The molecule has 0 fully saturated rings. The van der Waals surface area contributed by atoms with Gasteiger partial charge in [0.2, 0.25) is 0 Å². The second-order valence-electron chi connectivity index (χ2n) is 4.87. The van der Waals surface area contributed by atoms with Gasteiger partial charge >= 0.3 is 0 Å². The SMILES string of the molecule is CC(C)Cn1ncnc1CC(O)CN(C)C. The van der Waals surface area contributed by atoms with E-state index < -0.39 is 0 Å². The maximum Gasteiger partial charge on any atom is 0.138 e. The first kappa shape index (κ1) is 13.1. The van der Waals surface area contributed by atoms with E-state index in [1.165, 1.54) is 0 Å². The van der Waals surface area contributed by atoms with Gasteiger partial charge in [-0.15, -0.1) is 0 Å². The van der Waals surface area contributed by atoms with Crippen molar-refractivity contribution in [2.45, 2.75) is 32.9 Å². The number of rotatable bonds is 6. The van der Waals surface area contributed by atoms with Crippen molar-refractivity contribution < 1.29 is 5.11 Å². The van der Waals surface area contributed by atoms with Crippen LogP contribution in [0, 0.1) is 5.92 Å². The van der Waals surface area contributed by atoms with Gasteiger partial charge in [0.25, 0.3) is 0 Å². The molecule has 5 nitrogen and oxygen atoms in total. The zero-order chi connectivity index (χ0) is 12.1. The Morgan fingerprint density at radius 1 is 1.44 bits per heavy atom. The number of aromatic nitrogens is 3. The number of aliphatic hydroxyl groups excluding tert-OH is 1. The molecule has 0 spiro atoms. The summed E-state index contributed by atoms with van der Waals surface area (Å²) in [6.45, 7) is 5.78. The summed E-state index contributed by atoms with van der Waals surface area (Å²) in [6, 6.07) is 0. The van der Waals surface area contributed by atoms with Crippen molar-refractivity contribution in [3.8, 4) is 0 Å². The van der Waals surface area contributed by atoms with Crippen LogP contribution in [0.2, 0.25) is 0 Å². The number of hydrogen-bond donors (Lipinski definition) is 1. The minimum absolute atomic E-state index is 0.384. The summed E-state index contributed by atoms with van der Waals surface area (Å²) in [4.78, 5) is 6.16. The third kappa shape index (κ3) is 4.28. The van der Waals surface area contributed by atoms with E-state index in [1.807, 2.05) is 23.7 Å². The largest absolute Gasteiger partial charge is 0.391 e. The predicted octanol–water partition coefficient (Wildman–Crippen LogP) is 0.399. The Hall–Kier alpha value is -0.940. The molecule has 1 rings (SSSR count). The van der Waals surface area contributed by atoms with Crippen LogP contribution < -0.4 is 0 Å². The Kier molecular flexibility index (Phi) is 4.89. The third-order valence-corrected chi connectivity index (χ3v) is 2.23. The molecule has 0 aromatic carbocycles. The van der Waals surface area contributed by atoms with Gasteiger partial charge in [-0.05, 0) is 20.0 Å². The van der Waals surface area contributed by atoms with Gasteiger partial charge in [0.15, 0.2) is 0 Å². The van der Waals surface area contributed by atoms with E-state index in [1.54, 1.807) is 6.33 Å². The minimum Gasteiger partial charge on any atom is -0.391 e. The normalized spacial score (nSPS) is 13.7. The van der Waals surface area contributed by atoms with E-state index in [2.05, 4.69) is 23.9 Å². The summed E-state index contributed by atoms with van der Waals surface area (Å²) in [5, 5.41) is 14.0. The Morgan fingerprint density at radius 3 is 2.69 bits per heavy atom. The molecule has 1 unspecified atom stereocenters. The first-order valence-corrected chi connectivity index (χ1v) is 5.68. The molecule has 0 saturated carbocycles. The fourth-order valence-electron chi connectivity index (χ4n) is 1.64. The van der Waals surface area contributed by atoms with Crippen LogP contribution >= 0.6 is 0 Å². The quantitative estimate of drug-likeness (QED) is 0.763. The molecule has 1 aromatic rings. The fraction of sp³-hybridized carbons (Fsp3) is 0.818. The van der Waals surface area contributed by atoms with Crippen LogP contribution in [0.5, 0.6) is 0 Å². The van der Waals surface area contributed by atoms with Crippen molar-refractivity contribution in [3.05, 3.63) is 12.2 Å². The highest BCUT2D eigenvalue weighted by Gasteiger charge is 2.12. The van der Waals surface area contributed by atoms with Gasteiger partial charge in [0.05, 0.1) is 6.10 Å². The standard InChI is InChI=1S/C11H22N4O/c1-9(2)6-15-11(12-8-13-15)5-10(16)7-14(3)4/h8-10,16H,5-7H2,1-4H3. The van der Waals surface area contributed by atoms with Crippen LogP contribution in [0.4, 0.5) is 0 Å². The molecule has 16 heavy (non-hydrogen) atoms. The summed E-state index contributed by atoms with van der Waals surface area (Å²) in [5.74, 6) is 1.40. The molecule has 1 atom stereocenters. The number of nitrogens with zero attached hydrogens (tertiary/aromatic N) is 4. The molecular formula is C11H22N4O. The fourth-order valence-corrected chi connectivity index (χ4v) is 1.64. The van der Waals surface area contributed by atoms with E-state index in [0.29, 0.717) is 18.9 Å². The second-order valence-corrected chi connectivity index (χ2v) is 4.87. The Balaban J connectivity index is 2.56. The van der Waals surface area contributed by atoms with Crippen LogP contribution in [0.15, 0.2) is 6.33 Å². The molecule has 1 N–H and O–H groups in total. The minimum atomic E-state index is -0.384. The van der Waals surface area contributed by atoms with Crippen molar-refractivity contribution in [2.75, 3.05) is 20.6 Å². The lowest BCUT2D eigenvalue weighted by Crippen LogP contribution is -2.28. The molecular weight excluding hydrogens is 204 g/mol. The van der Waals surface area contributed by atoms with Crippen LogP contribution in [0.25, 0.3) is 0 Å². The van der Waals surface area contributed by atoms with E-state index in [0.717, 1.165) is 12.4 Å². The van der Waals surface area contributed by atoms with Crippen molar-refractivity contribution in [3.63, 3.8) is 0 Å². The lowest BCUT2D eigenvalue weighted by atomic mass is 10.2. The maximum absolute atomic E-state index is 9.83. The molecule has 0 saturated heterocycles. The Labute approximate surface area is 97.1 Å². The van der Waals surface area contributed by atoms with Gasteiger partial charge in [-0.3, -0.25) is 0 Å². The second kappa shape index (κ2) is 5.96. The van der Waals surface area contributed by atoms with Crippen molar-refractivity contribution in [1.29, 1.82) is 0 Å². The molecule has 92 valence electrons. The van der Waals surface area contributed by atoms with Crippen LogP contribution in [0.1, 0.15) is 19.7 Å². The topological polar surface area (TPSA) is 54.2 Å². The predicted molar refractivity (Wildman–Crippen MR) is 63.1 cm³/mol. The molecule has 0 aliphatic carbocycles. The first-order chi connectivity index (χ1) is 7.49. The summed E-state index contributed by atoms with van der Waals surface area (Å²) in [5.41, 5.74) is 0.